The van der Waals surface area contributed by atoms with Gasteiger partial charge in [0.05, 0.1) is 11.8 Å². The molecule has 0 aliphatic rings. The molecule has 0 radical (unpaired) electrons. The van der Waals surface area contributed by atoms with Crippen LogP contribution >= 0.6 is 0 Å². The number of aryl methyl sites for hydroxylation is 1. The van der Waals surface area contributed by atoms with E-state index in [0.29, 0.717) is 36.1 Å². The van der Waals surface area contributed by atoms with Crippen LogP contribution in [0.2, 0.25) is 0 Å². The predicted molar refractivity (Wildman–Crippen MR) is 104 cm³/mol. The summed E-state index contributed by atoms with van der Waals surface area (Å²) in [7, 11) is 0. The number of hydrogen-bond acceptors (Lipinski definition) is 4. The highest BCUT2D eigenvalue weighted by Crippen LogP contribution is 2.21. The molecule has 0 amide bonds. The lowest BCUT2D eigenvalue weighted by atomic mass is 9.98. The largest absolute Gasteiger partial charge is 0.489 e. The lowest BCUT2D eigenvalue weighted by Crippen LogP contribution is -2.07. The van der Waals surface area contributed by atoms with Crippen LogP contribution in [0.15, 0.2) is 60.8 Å². The molecule has 0 bridgehead atoms. The maximum atomic E-state index is 12.7. The first kappa shape index (κ1) is 18.7. The highest BCUT2D eigenvalue weighted by Gasteiger charge is 2.12. The molecule has 3 rings (SSSR count). The van der Waals surface area contributed by atoms with Crippen molar-refractivity contribution in [2.45, 2.75) is 26.7 Å². The second-order valence-electron chi connectivity index (χ2n) is 6.40. The Bertz CT molecular complexity index is 999. The monoisotopic (exact) mass is 364 g/mol. The number of hydrogen-bond donors (Lipinski definition) is 0. The normalized spacial score (nSPS) is 11.6. The van der Waals surface area contributed by atoms with Gasteiger partial charge in [-0.25, -0.2) is 14.4 Å². The van der Waals surface area contributed by atoms with Crippen molar-refractivity contribution >= 4 is 16.7 Å². The fourth-order valence-electron chi connectivity index (χ4n) is 2.84. The number of Topliss-reactive ketones (excluding diaryl/α,β-unsaturated/α-hetero) is 1. The lowest BCUT2D eigenvalue weighted by Gasteiger charge is -2.11. The summed E-state index contributed by atoms with van der Waals surface area (Å²) in [5.74, 6) is 0.657. The number of nitrogens with zero attached hydrogens (tertiary/aromatic N) is 2. The molecule has 0 N–H and O–H groups in total. The van der Waals surface area contributed by atoms with Crippen LogP contribution in [0.5, 0.6) is 5.75 Å². The van der Waals surface area contributed by atoms with E-state index in [-0.39, 0.29) is 12.4 Å². The van der Waals surface area contributed by atoms with E-state index in [4.69, 9.17) is 4.74 Å². The first-order valence-corrected chi connectivity index (χ1v) is 8.84. The SMILES string of the molecule is CCC(=CF)COc1ccc(C(=O)Cc2ccc3cncnc3c2)c(C)c1. The minimum Gasteiger partial charge on any atom is -0.489 e. The molecule has 0 saturated carbocycles. The van der Waals surface area contributed by atoms with Gasteiger partial charge in [0.1, 0.15) is 18.7 Å². The summed E-state index contributed by atoms with van der Waals surface area (Å²) in [4.78, 5) is 20.9. The molecule has 0 spiro atoms. The van der Waals surface area contributed by atoms with Crippen LogP contribution in [0, 0.1) is 6.92 Å². The molecule has 2 aromatic carbocycles. The van der Waals surface area contributed by atoms with E-state index in [1.54, 1.807) is 18.3 Å². The third-order valence-corrected chi connectivity index (χ3v) is 4.47. The summed E-state index contributed by atoms with van der Waals surface area (Å²) in [5, 5.41) is 0.945. The number of fused-ring (bicyclic) bond motifs is 1. The number of ether oxygens (including phenoxy) is 1. The van der Waals surface area contributed by atoms with Crippen molar-refractivity contribution in [3.05, 3.63) is 77.5 Å². The number of halogens is 1. The number of rotatable bonds is 7. The van der Waals surface area contributed by atoms with Gasteiger partial charge < -0.3 is 4.74 Å². The van der Waals surface area contributed by atoms with Gasteiger partial charge in [-0.05, 0) is 54.3 Å². The zero-order valence-electron chi connectivity index (χ0n) is 15.4. The second kappa shape index (κ2) is 8.54. The highest BCUT2D eigenvalue weighted by atomic mass is 19.1. The second-order valence-corrected chi connectivity index (χ2v) is 6.40. The van der Waals surface area contributed by atoms with Gasteiger partial charge in [0.25, 0.3) is 0 Å². The Morgan fingerprint density at radius 1 is 1.22 bits per heavy atom. The molecule has 3 aromatic rings. The summed E-state index contributed by atoms with van der Waals surface area (Å²) < 4.78 is 18.2. The van der Waals surface area contributed by atoms with Gasteiger partial charge in [0.15, 0.2) is 5.78 Å². The average molecular weight is 364 g/mol. The van der Waals surface area contributed by atoms with E-state index in [2.05, 4.69) is 9.97 Å². The highest BCUT2D eigenvalue weighted by molar-refractivity contribution is 5.99. The quantitative estimate of drug-likeness (QED) is 0.553. The number of benzene rings is 2. The van der Waals surface area contributed by atoms with Gasteiger partial charge in [-0.1, -0.05) is 19.1 Å². The van der Waals surface area contributed by atoms with Crippen LogP contribution in [-0.2, 0) is 6.42 Å². The molecule has 1 heterocycles. The van der Waals surface area contributed by atoms with E-state index in [0.717, 1.165) is 22.0 Å². The van der Waals surface area contributed by atoms with E-state index in [1.165, 1.54) is 6.33 Å². The van der Waals surface area contributed by atoms with Crippen molar-refractivity contribution in [1.82, 2.24) is 9.97 Å². The fourth-order valence-corrected chi connectivity index (χ4v) is 2.84. The van der Waals surface area contributed by atoms with E-state index in [1.807, 2.05) is 38.1 Å². The number of carbonyl (C=O) groups excluding carboxylic acids is 1. The summed E-state index contributed by atoms with van der Waals surface area (Å²) in [6.45, 7) is 3.96. The molecular formula is C22H21FN2O2. The Kier molecular flexibility index (Phi) is 5.91. The van der Waals surface area contributed by atoms with Crippen molar-refractivity contribution in [2.24, 2.45) is 0 Å². The summed E-state index contributed by atoms with van der Waals surface area (Å²) in [5.41, 5.74) is 3.81. The smallest absolute Gasteiger partial charge is 0.167 e. The summed E-state index contributed by atoms with van der Waals surface area (Å²) in [6, 6.07) is 11.1. The molecule has 0 fully saturated rings. The van der Waals surface area contributed by atoms with Crippen molar-refractivity contribution in [1.29, 1.82) is 0 Å². The van der Waals surface area contributed by atoms with Crippen molar-refractivity contribution in [3.63, 3.8) is 0 Å². The average Bonchev–Trinajstić information content (AvgIpc) is 2.68. The zero-order valence-corrected chi connectivity index (χ0v) is 15.4. The molecule has 0 unspecified atom stereocenters. The Morgan fingerprint density at radius 3 is 2.81 bits per heavy atom. The third-order valence-electron chi connectivity index (χ3n) is 4.47. The Balaban J connectivity index is 1.72. The maximum Gasteiger partial charge on any atom is 0.167 e. The fraction of sp³-hybridized carbons (Fsp3) is 0.227. The first-order valence-electron chi connectivity index (χ1n) is 8.84. The molecule has 0 aliphatic carbocycles. The molecule has 4 nitrogen and oxygen atoms in total. The number of ketones is 1. The van der Waals surface area contributed by atoms with Gasteiger partial charge in [-0.15, -0.1) is 0 Å². The standard InChI is InChI=1S/C22H21FN2O2/c1-3-16(11-23)13-27-19-6-7-20(15(2)8-19)22(26)10-17-4-5-18-12-24-14-25-21(18)9-17/h4-9,11-12,14H,3,10,13H2,1-2H3. The predicted octanol–water partition coefficient (Wildman–Crippen LogP) is 5.01. The summed E-state index contributed by atoms with van der Waals surface area (Å²) in [6.07, 6.45) is 4.73. The first-order chi connectivity index (χ1) is 13.1. The van der Waals surface area contributed by atoms with Crippen molar-refractivity contribution in [2.75, 3.05) is 6.61 Å². The summed E-state index contributed by atoms with van der Waals surface area (Å²) >= 11 is 0. The van der Waals surface area contributed by atoms with Crippen molar-refractivity contribution < 1.29 is 13.9 Å². The molecule has 5 heteroatoms. The Labute approximate surface area is 157 Å². The number of carbonyl (C=O) groups is 1. The van der Waals surface area contributed by atoms with Crippen LogP contribution in [0.3, 0.4) is 0 Å². The van der Waals surface area contributed by atoms with Crippen LogP contribution in [-0.4, -0.2) is 22.4 Å². The van der Waals surface area contributed by atoms with Gasteiger partial charge in [-0.2, -0.15) is 0 Å². The zero-order chi connectivity index (χ0) is 19.2. The molecule has 138 valence electrons. The molecule has 0 atom stereocenters. The van der Waals surface area contributed by atoms with Crippen LogP contribution in [0.4, 0.5) is 4.39 Å². The molecule has 1 aromatic heterocycles. The minimum absolute atomic E-state index is 0.0327. The third kappa shape index (κ3) is 4.56. The van der Waals surface area contributed by atoms with E-state index < -0.39 is 0 Å². The number of aromatic nitrogens is 2. The van der Waals surface area contributed by atoms with Gasteiger partial charge in [0.2, 0.25) is 0 Å². The topological polar surface area (TPSA) is 52.1 Å². The minimum atomic E-state index is 0.0327. The molecular weight excluding hydrogens is 343 g/mol. The molecule has 0 aliphatic heterocycles. The van der Waals surface area contributed by atoms with Crippen LogP contribution < -0.4 is 4.74 Å². The molecule has 27 heavy (non-hydrogen) atoms. The van der Waals surface area contributed by atoms with E-state index >= 15 is 0 Å². The van der Waals surface area contributed by atoms with E-state index in [9.17, 15) is 9.18 Å². The van der Waals surface area contributed by atoms with Crippen LogP contribution in [0.1, 0.15) is 34.8 Å². The van der Waals surface area contributed by atoms with Crippen molar-refractivity contribution in [3.8, 4) is 5.75 Å². The van der Waals surface area contributed by atoms with Gasteiger partial charge in [0, 0.05) is 23.6 Å². The van der Waals surface area contributed by atoms with Crippen LogP contribution in [0.25, 0.3) is 10.9 Å². The van der Waals surface area contributed by atoms with Gasteiger partial charge in [-0.3, -0.25) is 4.79 Å². The Hall–Kier alpha value is -3.08. The van der Waals surface area contributed by atoms with Gasteiger partial charge >= 0.3 is 0 Å². The Morgan fingerprint density at radius 2 is 2.07 bits per heavy atom. The maximum absolute atomic E-state index is 12.7. The molecule has 0 saturated heterocycles. The lowest BCUT2D eigenvalue weighted by molar-refractivity contribution is 0.0992.